The lowest BCUT2D eigenvalue weighted by Gasteiger charge is -2.36. The molecule has 9 heteroatoms. The molecule has 180 valence electrons. The summed E-state index contributed by atoms with van der Waals surface area (Å²) in [6.45, 7) is 6.09. The Kier molecular flexibility index (Phi) is 6.02. The van der Waals surface area contributed by atoms with Crippen LogP contribution in [0.1, 0.15) is 41.2 Å². The van der Waals surface area contributed by atoms with E-state index >= 15 is 0 Å². The molecule has 0 radical (unpaired) electrons. The van der Waals surface area contributed by atoms with Gasteiger partial charge in [-0.15, -0.1) is 0 Å². The Labute approximate surface area is 201 Å². The number of carbonyl (C=O) groups excluding carboxylic acids is 2. The second-order valence-electron chi connectivity index (χ2n) is 9.06. The molecule has 2 aliphatic rings. The maximum Gasteiger partial charge on any atom is 0.253 e. The molecule has 1 saturated heterocycles. The van der Waals surface area contributed by atoms with Crippen LogP contribution in [0, 0.1) is 11.6 Å². The maximum atomic E-state index is 14.4. The summed E-state index contributed by atoms with van der Waals surface area (Å²) >= 11 is 0. The zero-order valence-corrected chi connectivity index (χ0v) is 19.5. The lowest BCUT2D eigenvalue weighted by molar-refractivity contribution is -0.121. The van der Waals surface area contributed by atoms with Gasteiger partial charge in [-0.05, 0) is 49.7 Å². The molecule has 1 N–H and O–H groups in total. The predicted molar refractivity (Wildman–Crippen MR) is 127 cm³/mol. The van der Waals surface area contributed by atoms with Gasteiger partial charge in [0.1, 0.15) is 11.6 Å². The van der Waals surface area contributed by atoms with Crippen LogP contribution in [0.4, 0.5) is 14.5 Å². The monoisotopic (exact) mass is 477 g/mol. The fraction of sp³-hybridized carbons (Fsp3) is 0.308. The minimum Gasteiger partial charge on any atom is -0.346 e. The van der Waals surface area contributed by atoms with Crippen LogP contribution >= 0.6 is 0 Å². The van der Waals surface area contributed by atoms with Crippen LogP contribution in [0.5, 0.6) is 0 Å². The van der Waals surface area contributed by atoms with Gasteiger partial charge in [-0.1, -0.05) is 6.07 Å². The molecule has 7 nitrogen and oxygen atoms in total. The van der Waals surface area contributed by atoms with Crippen molar-refractivity contribution in [3.8, 4) is 11.3 Å². The van der Waals surface area contributed by atoms with Crippen LogP contribution in [0.15, 0.2) is 42.6 Å². The van der Waals surface area contributed by atoms with Crippen LogP contribution in [0.25, 0.3) is 11.3 Å². The molecule has 1 fully saturated rings. The zero-order chi connectivity index (χ0) is 24.7. The van der Waals surface area contributed by atoms with Gasteiger partial charge in [0.15, 0.2) is 0 Å². The van der Waals surface area contributed by atoms with Crippen molar-refractivity contribution in [2.75, 3.05) is 24.5 Å². The van der Waals surface area contributed by atoms with Crippen LogP contribution in [-0.4, -0.2) is 52.4 Å². The predicted octanol–water partition coefficient (Wildman–Crippen LogP) is 3.31. The highest BCUT2D eigenvalue weighted by atomic mass is 19.1. The molecule has 0 bridgehead atoms. The van der Waals surface area contributed by atoms with E-state index in [2.05, 4.69) is 34.0 Å². The molecule has 0 saturated carbocycles. The quantitative estimate of drug-likeness (QED) is 0.610. The number of pyridine rings is 2. The Morgan fingerprint density at radius 1 is 1.06 bits per heavy atom. The van der Waals surface area contributed by atoms with Gasteiger partial charge < -0.3 is 10.2 Å². The first kappa shape index (κ1) is 23.0. The van der Waals surface area contributed by atoms with E-state index in [-0.39, 0.29) is 36.0 Å². The van der Waals surface area contributed by atoms with E-state index < -0.39 is 11.6 Å². The standard InChI is InChI=1S/C26H25F2N5O2/c1-15(2)32-8-9-33(23(34)14-32)18-7-6-17(29-12-18)10-16-11-21(25-19(27)4-3-5-20(25)28)31-22-13-30-26(35)24(16)22/h3-7,11-12,15H,8-10,13-14H2,1-2H3,(H,30,35). The Balaban J connectivity index is 1.43. The van der Waals surface area contributed by atoms with Crippen molar-refractivity contribution in [3.05, 3.63) is 76.7 Å². The van der Waals surface area contributed by atoms with E-state index in [0.29, 0.717) is 47.3 Å². The molecule has 3 aromatic rings. The third kappa shape index (κ3) is 4.39. The first-order valence-corrected chi connectivity index (χ1v) is 11.6. The van der Waals surface area contributed by atoms with Crippen molar-refractivity contribution < 1.29 is 18.4 Å². The van der Waals surface area contributed by atoms with Crippen molar-refractivity contribution in [2.45, 2.75) is 32.9 Å². The molecule has 0 spiro atoms. The lowest BCUT2D eigenvalue weighted by Crippen LogP contribution is -2.52. The molecule has 0 aliphatic carbocycles. The summed E-state index contributed by atoms with van der Waals surface area (Å²) in [5.41, 5.74) is 2.75. The Morgan fingerprint density at radius 2 is 1.83 bits per heavy atom. The highest BCUT2D eigenvalue weighted by Crippen LogP contribution is 2.30. The van der Waals surface area contributed by atoms with Crippen molar-refractivity contribution in [2.24, 2.45) is 0 Å². The number of hydrogen-bond donors (Lipinski definition) is 1. The van der Waals surface area contributed by atoms with Crippen molar-refractivity contribution in [1.29, 1.82) is 0 Å². The van der Waals surface area contributed by atoms with E-state index in [9.17, 15) is 18.4 Å². The molecule has 2 aliphatic heterocycles. The highest BCUT2D eigenvalue weighted by molar-refractivity contribution is 5.99. The number of nitrogens with zero attached hydrogens (tertiary/aromatic N) is 4. The van der Waals surface area contributed by atoms with Gasteiger partial charge in [0.05, 0.1) is 47.5 Å². The van der Waals surface area contributed by atoms with E-state index in [0.717, 1.165) is 6.54 Å². The molecule has 2 aromatic heterocycles. The average Bonchev–Trinajstić information content (AvgIpc) is 3.20. The summed E-state index contributed by atoms with van der Waals surface area (Å²) < 4.78 is 28.9. The van der Waals surface area contributed by atoms with Crippen LogP contribution in [0.2, 0.25) is 0 Å². The Bertz CT molecular complexity index is 1290. The first-order valence-electron chi connectivity index (χ1n) is 11.6. The van der Waals surface area contributed by atoms with Crippen LogP contribution in [0.3, 0.4) is 0 Å². The molecule has 0 unspecified atom stereocenters. The number of anilines is 1. The maximum absolute atomic E-state index is 14.4. The summed E-state index contributed by atoms with van der Waals surface area (Å²) in [5, 5.41) is 2.73. The number of carbonyl (C=O) groups is 2. The second-order valence-corrected chi connectivity index (χ2v) is 9.06. The van der Waals surface area contributed by atoms with Gasteiger partial charge in [0.25, 0.3) is 5.91 Å². The van der Waals surface area contributed by atoms with Crippen LogP contribution in [-0.2, 0) is 17.8 Å². The Morgan fingerprint density at radius 3 is 2.49 bits per heavy atom. The highest BCUT2D eigenvalue weighted by Gasteiger charge is 2.28. The molecular formula is C26H25F2N5O2. The molecular weight excluding hydrogens is 452 g/mol. The van der Waals surface area contributed by atoms with Gasteiger partial charge in [-0.2, -0.15) is 0 Å². The van der Waals surface area contributed by atoms with Gasteiger partial charge >= 0.3 is 0 Å². The van der Waals surface area contributed by atoms with Crippen molar-refractivity contribution in [3.63, 3.8) is 0 Å². The summed E-state index contributed by atoms with van der Waals surface area (Å²) in [5.74, 6) is -1.68. The largest absolute Gasteiger partial charge is 0.346 e. The fourth-order valence-electron chi connectivity index (χ4n) is 4.60. The lowest BCUT2D eigenvalue weighted by atomic mass is 9.98. The number of halogens is 2. The third-order valence-corrected chi connectivity index (χ3v) is 6.51. The number of aromatic nitrogens is 2. The van der Waals surface area contributed by atoms with Gasteiger partial charge in [-0.3, -0.25) is 19.5 Å². The topological polar surface area (TPSA) is 78.4 Å². The number of hydrogen-bond acceptors (Lipinski definition) is 5. The number of nitrogens with one attached hydrogen (secondary N) is 1. The number of fused-ring (bicyclic) bond motifs is 1. The fourth-order valence-corrected chi connectivity index (χ4v) is 4.60. The molecule has 35 heavy (non-hydrogen) atoms. The SMILES string of the molecule is CC(C)N1CCN(c2ccc(Cc3cc(-c4c(F)cccc4F)nc4c3C(=O)NC4)nc2)C(=O)C1. The minimum absolute atomic E-state index is 0.0275. The molecule has 1 aromatic carbocycles. The van der Waals surface area contributed by atoms with E-state index in [1.54, 1.807) is 23.2 Å². The van der Waals surface area contributed by atoms with E-state index in [4.69, 9.17) is 0 Å². The number of rotatable bonds is 5. The van der Waals surface area contributed by atoms with Crippen LogP contribution < -0.4 is 10.2 Å². The average molecular weight is 478 g/mol. The minimum atomic E-state index is -0.717. The summed E-state index contributed by atoms with van der Waals surface area (Å²) in [7, 11) is 0. The molecule has 5 rings (SSSR count). The van der Waals surface area contributed by atoms with E-state index in [1.165, 1.54) is 18.2 Å². The number of amides is 2. The van der Waals surface area contributed by atoms with Crippen molar-refractivity contribution in [1.82, 2.24) is 20.2 Å². The smallest absolute Gasteiger partial charge is 0.253 e. The van der Waals surface area contributed by atoms with Gasteiger partial charge in [-0.25, -0.2) is 13.8 Å². The molecule has 0 atom stereocenters. The normalized spacial score (nSPS) is 16.1. The second kappa shape index (κ2) is 9.14. The Hall–Kier alpha value is -3.72. The molecule has 4 heterocycles. The summed E-state index contributed by atoms with van der Waals surface area (Å²) in [6, 6.07) is 9.16. The van der Waals surface area contributed by atoms with Gasteiger partial charge in [0, 0.05) is 31.2 Å². The summed E-state index contributed by atoms with van der Waals surface area (Å²) in [6.07, 6.45) is 1.92. The van der Waals surface area contributed by atoms with Gasteiger partial charge in [0.2, 0.25) is 5.91 Å². The number of benzene rings is 1. The molecule has 2 amide bonds. The van der Waals surface area contributed by atoms with Crippen molar-refractivity contribution >= 4 is 17.5 Å². The van der Waals surface area contributed by atoms with E-state index in [1.807, 2.05) is 6.07 Å². The third-order valence-electron chi connectivity index (χ3n) is 6.51. The first-order chi connectivity index (χ1) is 16.8. The summed E-state index contributed by atoms with van der Waals surface area (Å²) in [4.78, 5) is 37.8. The zero-order valence-electron chi connectivity index (χ0n) is 19.5. The number of piperazine rings is 1.